The fraction of sp³-hybridized carbons (Fsp3) is 0.143. The van der Waals surface area contributed by atoms with Crippen molar-refractivity contribution >= 4 is 5.97 Å². The largest absolute Gasteiger partial charge is 0.478 e. The molecule has 0 spiro atoms. The van der Waals surface area contributed by atoms with E-state index in [1.54, 1.807) is 18.2 Å². The number of carbonyl (C=O) groups is 1. The minimum atomic E-state index is -1.28. The highest BCUT2D eigenvalue weighted by atomic mass is 19.1. The molecule has 0 aliphatic heterocycles. The molecule has 0 aliphatic carbocycles. The predicted octanol–water partition coefficient (Wildman–Crippen LogP) is 3.11. The van der Waals surface area contributed by atoms with Gasteiger partial charge in [0.25, 0.3) is 0 Å². The normalized spacial score (nSPS) is 10.1. The van der Waals surface area contributed by atoms with Crippen LogP contribution in [-0.2, 0) is 0 Å². The molecule has 1 N–H and O–H groups in total. The van der Waals surface area contributed by atoms with Crippen molar-refractivity contribution in [3.63, 3.8) is 0 Å². The number of halogens is 1. The lowest BCUT2D eigenvalue weighted by atomic mass is 10.2. The first-order chi connectivity index (χ1) is 9.60. The summed E-state index contributed by atoms with van der Waals surface area (Å²) in [6.45, 7) is 2.27. The van der Waals surface area contributed by atoms with E-state index in [1.165, 1.54) is 6.07 Å². The minimum Gasteiger partial charge on any atom is -0.478 e. The topological polar surface area (TPSA) is 68.7 Å². The first kappa shape index (κ1) is 13.8. The molecule has 0 unspecified atom stereocenters. The van der Waals surface area contributed by atoms with Gasteiger partial charge in [-0.2, -0.15) is 4.98 Å². The van der Waals surface area contributed by atoms with Gasteiger partial charge in [-0.05, 0) is 25.1 Å². The van der Waals surface area contributed by atoms with Gasteiger partial charge in [0.2, 0.25) is 11.8 Å². The van der Waals surface area contributed by atoms with Crippen molar-refractivity contribution in [3.8, 4) is 17.5 Å². The van der Waals surface area contributed by atoms with Crippen LogP contribution in [0.15, 0.2) is 36.4 Å². The molecule has 5 nitrogen and oxygen atoms in total. The third kappa shape index (κ3) is 3.23. The lowest BCUT2D eigenvalue weighted by Crippen LogP contribution is -2.02. The number of pyridine rings is 1. The smallest absolute Gasteiger partial charge is 0.339 e. The molecule has 2 rings (SSSR count). The highest BCUT2D eigenvalue weighted by molar-refractivity contribution is 5.90. The number of benzene rings is 1. The molecule has 0 bridgehead atoms. The first-order valence-electron chi connectivity index (χ1n) is 5.90. The Hall–Kier alpha value is -2.63. The van der Waals surface area contributed by atoms with Crippen LogP contribution in [0.25, 0.3) is 0 Å². The van der Waals surface area contributed by atoms with E-state index in [0.717, 1.165) is 12.1 Å². The molecule has 1 aromatic heterocycles. The molecule has 0 fully saturated rings. The monoisotopic (exact) mass is 277 g/mol. The van der Waals surface area contributed by atoms with Crippen LogP contribution in [0.3, 0.4) is 0 Å². The van der Waals surface area contributed by atoms with Crippen LogP contribution in [0.2, 0.25) is 0 Å². The van der Waals surface area contributed by atoms with E-state index in [-0.39, 0.29) is 17.2 Å². The molecule has 0 aliphatic rings. The van der Waals surface area contributed by atoms with Crippen molar-refractivity contribution < 1.29 is 23.8 Å². The van der Waals surface area contributed by atoms with Crippen molar-refractivity contribution in [3.05, 3.63) is 47.8 Å². The van der Waals surface area contributed by atoms with Crippen LogP contribution in [0.5, 0.6) is 17.5 Å². The van der Waals surface area contributed by atoms with E-state index in [2.05, 4.69) is 4.98 Å². The molecular formula is C14H12FNO4. The third-order valence-corrected chi connectivity index (χ3v) is 2.38. The average molecular weight is 277 g/mol. The van der Waals surface area contributed by atoms with Crippen molar-refractivity contribution in [2.24, 2.45) is 0 Å². The van der Waals surface area contributed by atoms with E-state index in [4.69, 9.17) is 14.6 Å². The van der Waals surface area contributed by atoms with Gasteiger partial charge < -0.3 is 14.6 Å². The summed E-state index contributed by atoms with van der Waals surface area (Å²) in [6, 6.07) is 8.12. The molecule has 2 aromatic rings. The lowest BCUT2D eigenvalue weighted by Gasteiger charge is -2.09. The van der Waals surface area contributed by atoms with E-state index in [1.807, 2.05) is 6.92 Å². The average Bonchev–Trinajstić information content (AvgIpc) is 2.41. The molecule has 0 atom stereocenters. The molecule has 0 saturated carbocycles. The Morgan fingerprint density at radius 3 is 2.75 bits per heavy atom. The summed E-state index contributed by atoms with van der Waals surface area (Å²) in [5, 5.41) is 9.02. The number of aromatic carboxylic acids is 1. The quantitative estimate of drug-likeness (QED) is 0.909. The van der Waals surface area contributed by atoms with Gasteiger partial charge in [-0.1, -0.05) is 6.07 Å². The van der Waals surface area contributed by atoms with Gasteiger partial charge in [0.1, 0.15) is 17.1 Å². The van der Waals surface area contributed by atoms with Gasteiger partial charge in [0.05, 0.1) is 6.61 Å². The molecule has 6 heteroatoms. The Bertz CT molecular complexity index is 630. The van der Waals surface area contributed by atoms with Gasteiger partial charge in [-0.3, -0.25) is 0 Å². The summed E-state index contributed by atoms with van der Waals surface area (Å²) in [5.41, 5.74) is -0.270. The number of carboxylic acids is 1. The fourth-order valence-electron chi connectivity index (χ4n) is 1.55. The molecular weight excluding hydrogens is 265 g/mol. The number of nitrogens with zero attached hydrogens (tertiary/aromatic N) is 1. The Morgan fingerprint density at radius 2 is 2.05 bits per heavy atom. The van der Waals surface area contributed by atoms with Gasteiger partial charge in [-0.15, -0.1) is 0 Å². The summed E-state index contributed by atoms with van der Waals surface area (Å²) in [5.74, 6) is -1.37. The van der Waals surface area contributed by atoms with Crippen LogP contribution < -0.4 is 9.47 Å². The highest BCUT2D eigenvalue weighted by Gasteiger charge is 2.14. The highest BCUT2D eigenvalue weighted by Crippen LogP contribution is 2.26. The molecule has 0 amide bonds. The third-order valence-electron chi connectivity index (χ3n) is 2.38. The van der Waals surface area contributed by atoms with Crippen LogP contribution in [0, 0.1) is 5.82 Å². The Labute approximate surface area is 114 Å². The van der Waals surface area contributed by atoms with Crippen molar-refractivity contribution in [2.75, 3.05) is 6.61 Å². The zero-order chi connectivity index (χ0) is 14.5. The van der Waals surface area contributed by atoms with Crippen molar-refractivity contribution in [1.29, 1.82) is 0 Å². The van der Waals surface area contributed by atoms with Gasteiger partial charge in [0, 0.05) is 12.1 Å². The van der Waals surface area contributed by atoms with Gasteiger partial charge in [-0.25, -0.2) is 9.18 Å². The maximum Gasteiger partial charge on any atom is 0.339 e. The minimum absolute atomic E-state index is 0.0139. The SMILES string of the molecule is CCOc1cccc(Oc2ccc(F)cc2C(=O)O)n1. The maximum absolute atomic E-state index is 13.1. The standard InChI is InChI=1S/C14H12FNO4/c1-2-19-12-4-3-5-13(16-12)20-11-7-6-9(15)8-10(11)14(17)18/h3-8H,2H2,1H3,(H,17,18). The Morgan fingerprint density at radius 1 is 1.30 bits per heavy atom. The van der Waals surface area contributed by atoms with E-state index in [9.17, 15) is 9.18 Å². The number of aromatic nitrogens is 1. The Balaban J connectivity index is 2.30. The molecule has 104 valence electrons. The van der Waals surface area contributed by atoms with Crippen LogP contribution in [-0.4, -0.2) is 22.7 Å². The van der Waals surface area contributed by atoms with Crippen LogP contribution >= 0.6 is 0 Å². The fourth-order valence-corrected chi connectivity index (χ4v) is 1.55. The lowest BCUT2D eigenvalue weighted by molar-refractivity contribution is 0.0693. The van der Waals surface area contributed by atoms with Crippen molar-refractivity contribution in [2.45, 2.75) is 6.92 Å². The summed E-state index contributed by atoms with van der Waals surface area (Å²) >= 11 is 0. The number of hydrogen-bond donors (Lipinski definition) is 1. The van der Waals surface area contributed by atoms with Gasteiger partial charge >= 0.3 is 5.97 Å². The number of carboxylic acid groups (broad SMARTS) is 1. The molecule has 0 radical (unpaired) electrons. The maximum atomic E-state index is 13.1. The number of rotatable bonds is 5. The van der Waals surface area contributed by atoms with Crippen LogP contribution in [0.1, 0.15) is 17.3 Å². The summed E-state index contributed by atoms with van der Waals surface area (Å²) < 4.78 is 23.6. The predicted molar refractivity (Wildman–Crippen MR) is 68.8 cm³/mol. The zero-order valence-corrected chi connectivity index (χ0v) is 10.7. The second-order valence-electron chi connectivity index (χ2n) is 3.79. The number of hydrogen-bond acceptors (Lipinski definition) is 4. The van der Waals surface area contributed by atoms with E-state index >= 15 is 0 Å². The van der Waals surface area contributed by atoms with Crippen LogP contribution in [0.4, 0.5) is 4.39 Å². The molecule has 1 aromatic carbocycles. The molecule has 0 saturated heterocycles. The summed E-state index contributed by atoms with van der Waals surface area (Å²) in [7, 11) is 0. The van der Waals surface area contributed by atoms with Gasteiger partial charge in [0.15, 0.2) is 0 Å². The summed E-state index contributed by atoms with van der Waals surface area (Å²) in [4.78, 5) is 15.1. The van der Waals surface area contributed by atoms with Crippen molar-refractivity contribution in [1.82, 2.24) is 4.98 Å². The second-order valence-corrected chi connectivity index (χ2v) is 3.79. The van der Waals surface area contributed by atoms with E-state index in [0.29, 0.717) is 12.5 Å². The second kappa shape index (κ2) is 6.01. The first-order valence-corrected chi connectivity index (χ1v) is 5.90. The summed E-state index contributed by atoms with van der Waals surface area (Å²) in [6.07, 6.45) is 0. The zero-order valence-electron chi connectivity index (χ0n) is 10.7. The molecule has 20 heavy (non-hydrogen) atoms. The number of ether oxygens (including phenoxy) is 2. The Kier molecular flexibility index (Phi) is 4.14. The van der Waals surface area contributed by atoms with E-state index < -0.39 is 11.8 Å². The molecule has 1 heterocycles.